The zero-order valence-corrected chi connectivity index (χ0v) is 8.64. The number of nitrogens with zero attached hydrogens (tertiary/aromatic N) is 4. The van der Waals surface area contributed by atoms with Gasteiger partial charge in [0.1, 0.15) is 5.75 Å². The summed E-state index contributed by atoms with van der Waals surface area (Å²) < 4.78 is 42.5. The van der Waals surface area contributed by atoms with Gasteiger partial charge in [0.05, 0.1) is 12.7 Å². The maximum Gasteiger partial charge on any atom is 0.507 e. The Morgan fingerprint density at radius 1 is 1.24 bits per heavy atom. The number of methoxy groups -OCH3 is 1. The van der Waals surface area contributed by atoms with E-state index in [2.05, 4.69) is 15.5 Å². The third-order valence-corrected chi connectivity index (χ3v) is 2.06. The molecule has 0 amide bonds. The molecule has 2 rings (SSSR count). The fourth-order valence-electron chi connectivity index (χ4n) is 1.36. The minimum atomic E-state index is -4.67. The predicted octanol–water partition coefficient (Wildman–Crippen LogP) is 1.82. The molecule has 0 aliphatic rings. The highest BCUT2D eigenvalue weighted by molar-refractivity contribution is 5.63. The first-order valence-electron chi connectivity index (χ1n) is 4.53. The second-order valence-corrected chi connectivity index (χ2v) is 3.08. The molecule has 8 heteroatoms. The van der Waals surface area contributed by atoms with Crippen molar-refractivity contribution in [2.75, 3.05) is 7.11 Å². The van der Waals surface area contributed by atoms with Crippen molar-refractivity contribution in [2.45, 2.75) is 6.30 Å². The van der Waals surface area contributed by atoms with E-state index in [9.17, 15) is 13.2 Å². The molecule has 90 valence electrons. The van der Waals surface area contributed by atoms with Crippen LogP contribution >= 0.6 is 0 Å². The second kappa shape index (κ2) is 4.04. The molecule has 1 aromatic carbocycles. The van der Waals surface area contributed by atoms with Crippen LogP contribution < -0.4 is 4.74 Å². The van der Waals surface area contributed by atoms with Gasteiger partial charge in [0.15, 0.2) is 5.82 Å². The summed E-state index contributed by atoms with van der Waals surface area (Å²) in [6.45, 7) is 0. The minimum absolute atomic E-state index is 0.178. The molecule has 0 radical (unpaired) electrons. The van der Waals surface area contributed by atoms with E-state index in [1.807, 2.05) is 0 Å². The largest absolute Gasteiger partial charge is 0.507 e. The van der Waals surface area contributed by atoms with Crippen LogP contribution in [-0.2, 0) is 6.30 Å². The van der Waals surface area contributed by atoms with Crippen molar-refractivity contribution >= 4 is 0 Å². The highest BCUT2D eigenvalue weighted by Gasteiger charge is 2.36. The summed E-state index contributed by atoms with van der Waals surface area (Å²) in [4.78, 5) is 0. The molecule has 0 unspecified atom stereocenters. The maximum atomic E-state index is 12.6. The molecule has 0 saturated heterocycles. The Labute approximate surface area is 93.8 Å². The lowest BCUT2D eigenvalue weighted by Crippen LogP contribution is -2.19. The van der Waals surface area contributed by atoms with E-state index in [-0.39, 0.29) is 16.0 Å². The van der Waals surface area contributed by atoms with E-state index in [1.165, 1.54) is 19.2 Å². The zero-order valence-electron chi connectivity index (χ0n) is 8.64. The quantitative estimate of drug-likeness (QED) is 0.808. The Hall–Kier alpha value is -2.12. The Bertz CT molecular complexity index is 523. The van der Waals surface area contributed by atoms with Crippen molar-refractivity contribution in [1.29, 1.82) is 0 Å². The van der Waals surface area contributed by atoms with Gasteiger partial charge in [0, 0.05) is 0 Å². The maximum absolute atomic E-state index is 12.6. The van der Waals surface area contributed by atoms with E-state index < -0.39 is 12.1 Å². The van der Waals surface area contributed by atoms with Crippen LogP contribution in [0.2, 0.25) is 0 Å². The molecule has 0 N–H and O–H groups in total. The van der Waals surface area contributed by atoms with Gasteiger partial charge in [-0.3, -0.25) is 0 Å². The molecule has 0 bridgehead atoms. The summed E-state index contributed by atoms with van der Waals surface area (Å²) in [5, 5.41) is 9.31. The number of para-hydroxylation sites is 1. The molecule has 0 fully saturated rings. The van der Waals surface area contributed by atoms with Crippen LogP contribution in [0.3, 0.4) is 0 Å². The van der Waals surface area contributed by atoms with Crippen molar-refractivity contribution in [1.82, 2.24) is 20.2 Å². The second-order valence-electron chi connectivity index (χ2n) is 3.08. The highest BCUT2D eigenvalue weighted by atomic mass is 19.4. The lowest BCUT2D eigenvalue weighted by Gasteiger charge is -2.10. The van der Waals surface area contributed by atoms with Crippen LogP contribution in [0.1, 0.15) is 0 Å². The van der Waals surface area contributed by atoms with E-state index in [0.717, 1.165) is 0 Å². The van der Waals surface area contributed by atoms with Crippen LogP contribution in [0.5, 0.6) is 5.75 Å². The fraction of sp³-hybridized carbons (Fsp3) is 0.222. The van der Waals surface area contributed by atoms with E-state index in [1.54, 1.807) is 12.1 Å². The molecule has 0 aliphatic carbocycles. The van der Waals surface area contributed by atoms with Gasteiger partial charge in [0.2, 0.25) is 0 Å². The first kappa shape index (κ1) is 11.4. The van der Waals surface area contributed by atoms with Crippen molar-refractivity contribution in [3.63, 3.8) is 0 Å². The Morgan fingerprint density at radius 2 is 1.94 bits per heavy atom. The van der Waals surface area contributed by atoms with Gasteiger partial charge in [0.25, 0.3) is 0 Å². The molecular formula is C9H7F3N4O. The van der Waals surface area contributed by atoms with Crippen LogP contribution in [0, 0.1) is 0 Å². The molecular weight excluding hydrogens is 237 g/mol. The third-order valence-electron chi connectivity index (χ3n) is 2.06. The Kier molecular flexibility index (Phi) is 2.70. The SMILES string of the molecule is COc1ccccc1-c1nnnn1C(F)(F)F. The topological polar surface area (TPSA) is 52.8 Å². The minimum Gasteiger partial charge on any atom is -0.496 e. The number of ether oxygens (including phenoxy) is 1. The van der Waals surface area contributed by atoms with Gasteiger partial charge in [-0.15, -0.1) is 23.0 Å². The van der Waals surface area contributed by atoms with Crippen molar-refractivity contribution in [3.05, 3.63) is 24.3 Å². The molecule has 17 heavy (non-hydrogen) atoms. The average Bonchev–Trinajstić information content (AvgIpc) is 2.77. The normalized spacial score (nSPS) is 11.5. The molecule has 5 nitrogen and oxygen atoms in total. The monoisotopic (exact) mass is 244 g/mol. The number of halogens is 3. The number of aromatic nitrogens is 4. The molecule has 0 atom stereocenters. The number of tetrazole rings is 1. The molecule has 0 aliphatic heterocycles. The van der Waals surface area contributed by atoms with Crippen LogP contribution in [0.25, 0.3) is 11.4 Å². The third kappa shape index (κ3) is 2.05. The highest BCUT2D eigenvalue weighted by Crippen LogP contribution is 2.31. The number of hydrogen-bond acceptors (Lipinski definition) is 4. The lowest BCUT2D eigenvalue weighted by atomic mass is 10.2. The first-order valence-corrected chi connectivity index (χ1v) is 4.53. The number of rotatable bonds is 2. The Balaban J connectivity index is 2.58. The first-order chi connectivity index (χ1) is 8.04. The molecule has 0 saturated carbocycles. The molecule has 1 heterocycles. The average molecular weight is 244 g/mol. The standard InChI is InChI=1S/C9H7F3N4O/c1-17-7-5-3-2-4-6(7)8-13-14-15-16(8)9(10,11)12/h2-5H,1H3. The van der Waals surface area contributed by atoms with E-state index in [0.29, 0.717) is 0 Å². The summed E-state index contributed by atoms with van der Waals surface area (Å²) >= 11 is 0. The van der Waals surface area contributed by atoms with Crippen LogP contribution in [0.15, 0.2) is 24.3 Å². The smallest absolute Gasteiger partial charge is 0.496 e. The van der Waals surface area contributed by atoms with Gasteiger partial charge in [-0.25, -0.2) is 0 Å². The van der Waals surface area contributed by atoms with Gasteiger partial charge >= 0.3 is 6.30 Å². The lowest BCUT2D eigenvalue weighted by molar-refractivity contribution is -0.211. The number of alkyl halides is 3. The fourth-order valence-corrected chi connectivity index (χ4v) is 1.36. The zero-order chi connectivity index (χ0) is 12.5. The van der Waals surface area contributed by atoms with E-state index in [4.69, 9.17) is 4.74 Å². The predicted molar refractivity (Wildman–Crippen MR) is 51.1 cm³/mol. The molecule has 2 aromatic rings. The van der Waals surface area contributed by atoms with Crippen molar-refractivity contribution in [3.8, 4) is 17.1 Å². The van der Waals surface area contributed by atoms with E-state index >= 15 is 0 Å². The summed E-state index contributed by atoms with van der Waals surface area (Å²) in [6, 6.07) is 6.20. The summed E-state index contributed by atoms with van der Waals surface area (Å²) in [5.41, 5.74) is 0.178. The van der Waals surface area contributed by atoms with Crippen molar-refractivity contribution < 1.29 is 17.9 Å². The van der Waals surface area contributed by atoms with Crippen LogP contribution in [0.4, 0.5) is 13.2 Å². The molecule has 0 spiro atoms. The number of benzene rings is 1. The van der Waals surface area contributed by atoms with Gasteiger partial charge in [-0.05, 0) is 22.6 Å². The summed E-state index contributed by atoms with van der Waals surface area (Å²) in [6.07, 6.45) is -4.67. The van der Waals surface area contributed by atoms with Gasteiger partial charge in [-0.1, -0.05) is 12.1 Å². The van der Waals surface area contributed by atoms with Crippen LogP contribution in [-0.4, -0.2) is 27.3 Å². The van der Waals surface area contributed by atoms with Gasteiger partial charge < -0.3 is 4.74 Å². The summed E-state index contributed by atoms with van der Waals surface area (Å²) in [7, 11) is 1.36. The molecule has 1 aromatic heterocycles. The Morgan fingerprint density at radius 3 is 2.59 bits per heavy atom. The summed E-state index contributed by atoms with van der Waals surface area (Å²) in [5.74, 6) is -0.136. The number of hydrogen-bond donors (Lipinski definition) is 0. The van der Waals surface area contributed by atoms with Crippen molar-refractivity contribution in [2.24, 2.45) is 0 Å². The van der Waals surface area contributed by atoms with Gasteiger partial charge in [-0.2, -0.15) is 0 Å².